The molecule has 0 fully saturated rings. The number of non-ortho nitro benzene ring substituents is 1. The van der Waals surface area contributed by atoms with Crippen molar-refractivity contribution in [2.24, 2.45) is 5.10 Å². The summed E-state index contributed by atoms with van der Waals surface area (Å²) in [6, 6.07) is 12.2. The summed E-state index contributed by atoms with van der Waals surface area (Å²) in [6.45, 7) is 0. The van der Waals surface area contributed by atoms with Gasteiger partial charge in [-0.1, -0.05) is 6.07 Å². The van der Waals surface area contributed by atoms with Crippen molar-refractivity contribution in [2.45, 2.75) is 4.90 Å². The molecule has 32 heavy (non-hydrogen) atoms. The number of nitro benzene ring substituents is 1. The number of methoxy groups -OCH3 is 1. The molecule has 0 atom stereocenters. The van der Waals surface area contributed by atoms with Crippen LogP contribution in [0.1, 0.15) is 5.56 Å². The minimum absolute atomic E-state index is 0.149. The first kappa shape index (κ1) is 22.6. The Balaban J connectivity index is 1.95. The highest BCUT2D eigenvalue weighted by atomic mass is 32.2. The Morgan fingerprint density at radius 2 is 1.72 bits per heavy atom. The maximum atomic E-state index is 13.7. The average molecular weight is 462 g/mol. The lowest BCUT2D eigenvalue weighted by atomic mass is 10.2. The number of hydrogen-bond donors (Lipinski definition) is 2. The smallest absolute Gasteiger partial charge is 0.270 e. The Morgan fingerprint density at radius 1 is 1.06 bits per heavy atom. The highest BCUT2D eigenvalue weighted by Gasteiger charge is 2.23. The van der Waals surface area contributed by atoms with Crippen LogP contribution < -0.4 is 14.9 Å². The number of halogens is 2. The molecule has 0 aliphatic rings. The van der Waals surface area contributed by atoms with E-state index in [0.717, 1.165) is 36.5 Å². The van der Waals surface area contributed by atoms with Gasteiger partial charge in [-0.2, -0.15) is 5.10 Å². The van der Waals surface area contributed by atoms with E-state index in [-0.39, 0.29) is 11.4 Å². The van der Waals surface area contributed by atoms with Crippen LogP contribution >= 0.6 is 0 Å². The van der Waals surface area contributed by atoms with E-state index >= 15 is 0 Å². The van der Waals surface area contributed by atoms with Crippen LogP contribution in [0.3, 0.4) is 0 Å². The Kier molecular flexibility index (Phi) is 6.64. The molecule has 0 radical (unpaired) electrons. The number of rotatable bonds is 8. The van der Waals surface area contributed by atoms with Crippen LogP contribution in [-0.4, -0.2) is 26.7 Å². The lowest BCUT2D eigenvalue weighted by Crippen LogP contribution is -2.15. The van der Waals surface area contributed by atoms with Gasteiger partial charge in [-0.25, -0.2) is 17.2 Å². The summed E-state index contributed by atoms with van der Waals surface area (Å²) in [7, 11) is -2.86. The van der Waals surface area contributed by atoms with Gasteiger partial charge in [0, 0.05) is 17.8 Å². The molecular weight excluding hydrogens is 446 g/mol. The van der Waals surface area contributed by atoms with Crippen molar-refractivity contribution in [3.8, 4) is 5.75 Å². The molecule has 12 heteroatoms. The van der Waals surface area contributed by atoms with Gasteiger partial charge in [0.15, 0.2) is 0 Å². The first-order chi connectivity index (χ1) is 15.2. The molecule has 0 unspecified atom stereocenters. The lowest BCUT2D eigenvalue weighted by Gasteiger charge is -2.12. The fourth-order valence-electron chi connectivity index (χ4n) is 2.61. The number of nitrogens with zero attached hydrogens (tertiary/aromatic N) is 2. The molecule has 0 aromatic heterocycles. The van der Waals surface area contributed by atoms with Crippen LogP contribution in [0.5, 0.6) is 5.75 Å². The monoisotopic (exact) mass is 462 g/mol. The van der Waals surface area contributed by atoms with E-state index in [1.165, 1.54) is 37.4 Å². The van der Waals surface area contributed by atoms with Crippen molar-refractivity contribution >= 4 is 33.3 Å². The first-order valence-electron chi connectivity index (χ1n) is 8.89. The van der Waals surface area contributed by atoms with Crippen LogP contribution in [-0.2, 0) is 10.0 Å². The van der Waals surface area contributed by atoms with Gasteiger partial charge in [0.05, 0.1) is 29.5 Å². The highest BCUT2D eigenvalue weighted by molar-refractivity contribution is 7.92. The van der Waals surface area contributed by atoms with Crippen LogP contribution in [0, 0.1) is 21.7 Å². The number of hydrazone groups is 1. The highest BCUT2D eigenvalue weighted by Crippen LogP contribution is 2.29. The van der Waals surface area contributed by atoms with Crippen LogP contribution in [0.2, 0.25) is 0 Å². The third-order valence-corrected chi connectivity index (χ3v) is 5.61. The standard InChI is InChI=1S/C20H16F2N4O5S/c1-31-15-8-5-13(6-9-15)25-32(29,30)20-11-14(26(27)28)7-10-19(20)24-23-12-16-17(21)3-2-4-18(16)22/h2-12,24-25H,1H3/b23-12+. The molecule has 3 rings (SSSR count). The van der Waals surface area contributed by atoms with Crippen LogP contribution in [0.25, 0.3) is 0 Å². The normalized spacial score (nSPS) is 11.3. The number of anilines is 2. The van der Waals surface area contributed by atoms with Crippen molar-refractivity contribution < 1.29 is 26.9 Å². The number of benzene rings is 3. The second kappa shape index (κ2) is 9.39. The molecule has 0 aliphatic carbocycles. The summed E-state index contributed by atoms with van der Waals surface area (Å²) in [6.07, 6.45) is 0.833. The lowest BCUT2D eigenvalue weighted by molar-refractivity contribution is -0.385. The Hall–Kier alpha value is -4.06. The molecule has 0 saturated carbocycles. The largest absolute Gasteiger partial charge is 0.497 e. The molecule has 0 aliphatic heterocycles. The number of nitro groups is 1. The predicted octanol–water partition coefficient (Wildman–Crippen LogP) is 4.13. The maximum Gasteiger partial charge on any atom is 0.270 e. The molecule has 166 valence electrons. The van der Waals surface area contributed by atoms with E-state index in [9.17, 15) is 27.3 Å². The van der Waals surface area contributed by atoms with Gasteiger partial charge in [0.25, 0.3) is 15.7 Å². The zero-order chi connectivity index (χ0) is 23.3. The molecule has 0 bridgehead atoms. The molecule has 0 heterocycles. The molecule has 3 aromatic carbocycles. The summed E-state index contributed by atoms with van der Waals surface area (Å²) < 4.78 is 60.6. The van der Waals surface area contributed by atoms with E-state index < -0.39 is 42.7 Å². The van der Waals surface area contributed by atoms with E-state index in [1.807, 2.05) is 0 Å². The summed E-state index contributed by atoms with van der Waals surface area (Å²) in [5.74, 6) is -1.23. The Bertz CT molecular complexity index is 1260. The number of sulfonamides is 1. The molecular formula is C20H16F2N4O5S. The van der Waals surface area contributed by atoms with E-state index in [1.54, 1.807) is 0 Å². The molecule has 2 N–H and O–H groups in total. The predicted molar refractivity (Wildman–Crippen MR) is 114 cm³/mol. The van der Waals surface area contributed by atoms with Gasteiger partial charge in [-0.3, -0.25) is 20.3 Å². The second-order valence-electron chi connectivity index (χ2n) is 6.28. The van der Waals surface area contributed by atoms with Gasteiger partial charge in [-0.05, 0) is 42.5 Å². The van der Waals surface area contributed by atoms with E-state index in [4.69, 9.17) is 4.74 Å². The van der Waals surface area contributed by atoms with Gasteiger partial charge in [0.1, 0.15) is 22.3 Å². The van der Waals surface area contributed by atoms with Gasteiger partial charge in [-0.15, -0.1) is 0 Å². The van der Waals surface area contributed by atoms with Gasteiger partial charge >= 0.3 is 0 Å². The van der Waals surface area contributed by atoms with Crippen LogP contribution in [0.4, 0.5) is 25.8 Å². The topological polar surface area (TPSA) is 123 Å². The molecule has 0 saturated heterocycles. The van der Waals surface area contributed by atoms with Crippen LogP contribution in [0.15, 0.2) is 70.7 Å². The van der Waals surface area contributed by atoms with Crippen molar-refractivity contribution in [1.82, 2.24) is 0 Å². The van der Waals surface area contributed by atoms with Crippen molar-refractivity contribution in [2.75, 3.05) is 17.3 Å². The van der Waals surface area contributed by atoms with Crippen molar-refractivity contribution in [3.05, 3.63) is 88.0 Å². The molecule has 3 aromatic rings. The second-order valence-corrected chi connectivity index (χ2v) is 7.93. The Morgan fingerprint density at radius 3 is 2.31 bits per heavy atom. The first-order valence-corrected chi connectivity index (χ1v) is 10.4. The fourth-order valence-corrected chi connectivity index (χ4v) is 3.84. The molecule has 0 spiro atoms. The Labute approximate surface area is 181 Å². The third-order valence-electron chi connectivity index (χ3n) is 4.19. The number of ether oxygens (including phenoxy) is 1. The van der Waals surface area contributed by atoms with Gasteiger partial charge in [0.2, 0.25) is 0 Å². The summed E-state index contributed by atoms with van der Waals surface area (Å²) in [5.41, 5.74) is 1.48. The quantitative estimate of drug-likeness (QED) is 0.295. The minimum Gasteiger partial charge on any atom is -0.497 e. The average Bonchev–Trinajstić information content (AvgIpc) is 2.76. The number of nitrogens with one attached hydrogen (secondary N) is 2. The summed E-state index contributed by atoms with van der Waals surface area (Å²) >= 11 is 0. The van der Waals surface area contributed by atoms with Crippen molar-refractivity contribution in [1.29, 1.82) is 0 Å². The minimum atomic E-state index is -4.31. The zero-order valence-electron chi connectivity index (χ0n) is 16.5. The van der Waals surface area contributed by atoms with Crippen molar-refractivity contribution in [3.63, 3.8) is 0 Å². The summed E-state index contributed by atoms with van der Waals surface area (Å²) in [4.78, 5) is 9.89. The number of hydrogen-bond acceptors (Lipinski definition) is 7. The van der Waals surface area contributed by atoms with Gasteiger partial charge < -0.3 is 4.74 Å². The molecule has 0 amide bonds. The molecule has 9 nitrogen and oxygen atoms in total. The SMILES string of the molecule is COc1ccc(NS(=O)(=O)c2cc([N+](=O)[O-])ccc2N/N=C/c2c(F)cccc2F)cc1. The third kappa shape index (κ3) is 5.16. The maximum absolute atomic E-state index is 13.7. The fraction of sp³-hybridized carbons (Fsp3) is 0.0500. The zero-order valence-corrected chi connectivity index (χ0v) is 17.3. The van der Waals surface area contributed by atoms with E-state index in [2.05, 4.69) is 15.2 Å². The van der Waals surface area contributed by atoms with E-state index in [0.29, 0.717) is 5.75 Å². The summed E-state index contributed by atoms with van der Waals surface area (Å²) in [5, 5.41) is 14.8.